The van der Waals surface area contributed by atoms with Crippen molar-refractivity contribution in [3.63, 3.8) is 0 Å². The summed E-state index contributed by atoms with van der Waals surface area (Å²) in [5, 5.41) is 11.5. The van der Waals surface area contributed by atoms with Crippen molar-refractivity contribution in [1.29, 1.82) is 5.26 Å². The molecule has 3 heteroatoms. The molecule has 1 rings (SSSR count). The van der Waals surface area contributed by atoms with E-state index < -0.39 is 5.41 Å². The molecule has 0 radical (unpaired) electrons. The van der Waals surface area contributed by atoms with Crippen molar-refractivity contribution < 1.29 is 4.79 Å². The van der Waals surface area contributed by atoms with Crippen molar-refractivity contribution in [2.45, 2.75) is 39.2 Å². The van der Waals surface area contributed by atoms with Crippen LogP contribution in [0.5, 0.6) is 0 Å². The Balaban J connectivity index is 2.57. The maximum Gasteiger partial charge on any atom is 0.240 e. The van der Waals surface area contributed by atoms with Crippen LogP contribution in [0, 0.1) is 16.7 Å². The molecule has 1 fully saturated rings. The summed E-state index contributed by atoms with van der Waals surface area (Å²) < 4.78 is 0. The third-order valence-corrected chi connectivity index (χ3v) is 1.89. The number of carbonyl (C=O) groups excluding carboxylic acids is 1. The van der Waals surface area contributed by atoms with Gasteiger partial charge in [0.05, 0.1) is 6.07 Å². The van der Waals surface area contributed by atoms with Crippen molar-refractivity contribution in [2.75, 3.05) is 0 Å². The number of carbonyl (C=O) groups is 1. The molecule has 0 aromatic heterocycles. The van der Waals surface area contributed by atoms with E-state index in [-0.39, 0.29) is 11.4 Å². The predicted molar refractivity (Wildman–Crippen MR) is 45.2 cm³/mol. The van der Waals surface area contributed by atoms with Crippen LogP contribution < -0.4 is 5.32 Å². The Morgan fingerprint density at radius 2 is 2.00 bits per heavy atom. The fourth-order valence-corrected chi connectivity index (χ4v) is 0.975. The maximum absolute atomic E-state index is 11.4. The summed E-state index contributed by atoms with van der Waals surface area (Å²) in [5.74, 6) is -0.113. The van der Waals surface area contributed by atoms with Gasteiger partial charge < -0.3 is 5.32 Å². The molecule has 1 aliphatic rings. The first-order valence-electron chi connectivity index (χ1n) is 4.13. The lowest BCUT2D eigenvalue weighted by Crippen LogP contribution is -2.44. The van der Waals surface area contributed by atoms with Gasteiger partial charge in [-0.2, -0.15) is 5.26 Å². The SMILES string of the molecule is CC(C)(C)NC(=O)C1(C#N)CC1. The second-order valence-corrected chi connectivity index (χ2v) is 4.40. The van der Waals surface area contributed by atoms with Gasteiger partial charge in [-0.15, -0.1) is 0 Å². The number of hydrogen-bond donors (Lipinski definition) is 1. The first-order valence-corrected chi connectivity index (χ1v) is 4.13. The number of nitrogens with zero attached hydrogens (tertiary/aromatic N) is 1. The third-order valence-electron chi connectivity index (χ3n) is 1.89. The molecule has 12 heavy (non-hydrogen) atoms. The van der Waals surface area contributed by atoms with Gasteiger partial charge in [0.2, 0.25) is 5.91 Å². The summed E-state index contributed by atoms with van der Waals surface area (Å²) in [6.07, 6.45) is 1.43. The Labute approximate surface area is 72.8 Å². The lowest BCUT2D eigenvalue weighted by atomic mass is 10.0. The Bertz CT molecular complexity index is 240. The van der Waals surface area contributed by atoms with Crippen LogP contribution in [0.25, 0.3) is 0 Å². The summed E-state index contributed by atoms with van der Waals surface area (Å²) >= 11 is 0. The Hall–Kier alpha value is -1.04. The van der Waals surface area contributed by atoms with E-state index in [0.29, 0.717) is 12.8 Å². The Morgan fingerprint density at radius 1 is 1.50 bits per heavy atom. The number of hydrogen-bond acceptors (Lipinski definition) is 2. The van der Waals surface area contributed by atoms with Crippen LogP contribution in [0.4, 0.5) is 0 Å². The van der Waals surface area contributed by atoms with E-state index in [1.165, 1.54) is 0 Å². The van der Waals surface area contributed by atoms with Gasteiger partial charge in [0.1, 0.15) is 5.41 Å². The number of nitriles is 1. The molecule has 0 unspecified atom stereocenters. The molecule has 0 saturated heterocycles. The van der Waals surface area contributed by atoms with E-state index in [9.17, 15) is 4.79 Å². The topological polar surface area (TPSA) is 52.9 Å². The van der Waals surface area contributed by atoms with Crippen molar-refractivity contribution in [2.24, 2.45) is 5.41 Å². The summed E-state index contributed by atoms with van der Waals surface area (Å²) in [7, 11) is 0. The number of amides is 1. The van der Waals surface area contributed by atoms with Gasteiger partial charge >= 0.3 is 0 Å². The van der Waals surface area contributed by atoms with Crippen molar-refractivity contribution in [3.05, 3.63) is 0 Å². The van der Waals surface area contributed by atoms with Crippen LogP contribution >= 0.6 is 0 Å². The highest BCUT2D eigenvalue weighted by molar-refractivity contribution is 5.88. The molecule has 0 bridgehead atoms. The normalized spacial score (nSPS) is 19.5. The first kappa shape index (κ1) is 9.05. The Kier molecular flexibility index (Phi) is 1.87. The molecule has 1 aliphatic carbocycles. The molecule has 1 N–H and O–H groups in total. The van der Waals surface area contributed by atoms with Crippen molar-refractivity contribution in [1.82, 2.24) is 5.32 Å². The van der Waals surface area contributed by atoms with Crippen LogP contribution in [-0.2, 0) is 4.79 Å². The minimum atomic E-state index is -0.687. The molecule has 0 spiro atoms. The number of rotatable bonds is 1. The molecular formula is C9H14N2O. The standard InChI is InChI=1S/C9H14N2O/c1-8(2,3)11-7(12)9(6-10)4-5-9/h4-5H2,1-3H3,(H,11,12). The number of nitrogens with one attached hydrogen (secondary N) is 1. The molecular weight excluding hydrogens is 152 g/mol. The minimum Gasteiger partial charge on any atom is -0.350 e. The van der Waals surface area contributed by atoms with Gasteiger partial charge in [0.15, 0.2) is 0 Å². The average Bonchev–Trinajstić information content (AvgIpc) is 2.62. The highest BCUT2D eigenvalue weighted by Crippen LogP contribution is 2.45. The van der Waals surface area contributed by atoms with Crippen molar-refractivity contribution in [3.8, 4) is 6.07 Å². The summed E-state index contributed by atoms with van der Waals surface area (Å²) in [6, 6.07) is 2.06. The van der Waals surface area contributed by atoms with E-state index in [2.05, 4.69) is 11.4 Å². The molecule has 0 atom stereocenters. The van der Waals surface area contributed by atoms with Gasteiger partial charge in [0, 0.05) is 5.54 Å². The molecule has 66 valence electrons. The fourth-order valence-electron chi connectivity index (χ4n) is 0.975. The van der Waals surface area contributed by atoms with E-state index in [1.807, 2.05) is 20.8 Å². The van der Waals surface area contributed by atoms with Gasteiger partial charge in [-0.1, -0.05) is 0 Å². The zero-order valence-electron chi connectivity index (χ0n) is 7.77. The molecule has 0 heterocycles. The van der Waals surface area contributed by atoms with E-state index in [4.69, 9.17) is 5.26 Å². The largest absolute Gasteiger partial charge is 0.350 e. The Morgan fingerprint density at radius 3 is 2.25 bits per heavy atom. The summed E-state index contributed by atoms with van der Waals surface area (Å²) in [4.78, 5) is 11.4. The van der Waals surface area contributed by atoms with Crippen LogP contribution in [0.3, 0.4) is 0 Å². The lowest BCUT2D eigenvalue weighted by Gasteiger charge is -2.21. The molecule has 0 aromatic rings. The zero-order chi connectivity index (χ0) is 9.41. The lowest BCUT2D eigenvalue weighted by molar-refractivity contribution is -0.125. The van der Waals surface area contributed by atoms with Gasteiger partial charge in [0.25, 0.3) is 0 Å². The van der Waals surface area contributed by atoms with Gasteiger partial charge in [-0.3, -0.25) is 4.79 Å². The quantitative estimate of drug-likeness (QED) is 0.636. The average molecular weight is 166 g/mol. The van der Waals surface area contributed by atoms with Crippen LogP contribution in [0.15, 0.2) is 0 Å². The predicted octanol–water partition coefficient (Wildman–Crippen LogP) is 1.20. The van der Waals surface area contributed by atoms with Crippen LogP contribution in [0.2, 0.25) is 0 Å². The molecule has 1 amide bonds. The third kappa shape index (κ3) is 1.76. The molecule has 0 aromatic carbocycles. The van der Waals surface area contributed by atoms with Gasteiger partial charge in [-0.25, -0.2) is 0 Å². The first-order chi connectivity index (χ1) is 5.40. The van der Waals surface area contributed by atoms with E-state index in [0.717, 1.165) is 0 Å². The fraction of sp³-hybridized carbons (Fsp3) is 0.778. The molecule has 0 aliphatic heterocycles. The summed E-state index contributed by atoms with van der Waals surface area (Å²) in [5.41, 5.74) is -0.920. The highest BCUT2D eigenvalue weighted by Gasteiger charge is 2.51. The second kappa shape index (κ2) is 2.48. The highest BCUT2D eigenvalue weighted by atomic mass is 16.2. The monoisotopic (exact) mass is 166 g/mol. The van der Waals surface area contributed by atoms with E-state index in [1.54, 1.807) is 0 Å². The van der Waals surface area contributed by atoms with E-state index >= 15 is 0 Å². The smallest absolute Gasteiger partial charge is 0.240 e. The molecule has 3 nitrogen and oxygen atoms in total. The zero-order valence-corrected chi connectivity index (χ0v) is 7.77. The van der Waals surface area contributed by atoms with Crippen molar-refractivity contribution >= 4 is 5.91 Å². The second-order valence-electron chi connectivity index (χ2n) is 4.40. The van der Waals surface area contributed by atoms with Crippen LogP contribution in [0.1, 0.15) is 33.6 Å². The van der Waals surface area contributed by atoms with Gasteiger partial charge in [-0.05, 0) is 33.6 Å². The summed E-state index contributed by atoms with van der Waals surface area (Å²) in [6.45, 7) is 5.75. The minimum absolute atomic E-state index is 0.113. The maximum atomic E-state index is 11.4. The molecule has 1 saturated carbocycles. The van der Waals surface area contributed by atoms with Crippen LogP contribution in [-0.4, -0.2) is 11.4 Å².